The number of sulfonamides is 2. The Kier molecular flexibility index (Phi) is 7.74. The molecule has 3 aromatic carbocycles. The molecule has 1 aliphatic heterocycles. The summed E-state index contributed by atoms with van der Waals surface area (Å²) in [5, 5.41) is 0. The maximum absolute atomic E-state index is 13.1. The fourth-order valence-corrected chi connectivity index (χ4v) is 6.26. The highest BCUT2D eigenvalue weighted by atomic mass is 32.2. The van der Waals surface area contributed by atoms with Gasteiger partial charge in [0.05, 0.1) is 22.5 Å². The van der Waals surface area contributed by atoms with E-state index in [0.29, 0.717) is 24.5 Å². The number of carbonyl (C=O) groups is 1. The Hall–Kier alpha value is -3.57. The number of nitrogens with zero attached hydrogens (tertiary/aromatic N) is 1. The van der Waals surface area contributed by atoms with Gasteiger partial charge in [0.15, 0.2) is 0 Å². The van der Waals surface area contributed by atoms with Crippen LogP contribution in [0.15, 0.2) is 76.5 Å². The summed E-state index contributed by atoms with van der Waals surface area (Å²) < 4.78 is 61.9. The average Bonchev–Trinajstić information content (AvgIpc) is 2.88. The average molecular weight is 544 g/mol. The number of piperidine rings is 1. The highest BCUT2D eigenvalue weighted by Gasteiger charge is 2.25. The molecule has 1 aliphatic rings. The number of aryl methyl sites for hydroxylation is 1. The van der Waals surface area contributed by atoms with E-state index >= 15 is 0 Å². The van der Waals surface area contributed by atoms with Gasteiger partial charge < -0.3 is 9.64 Å². The van der Waals surface area contributed by atoms with E-state index in [1.54, 1.807) is 23.1 Å². The zero-order valence-electron chi connectivity index (χ0n) is 20.6. The van der Waals surface area contributed by atoms with Crippen LogP contribution >= 0.6 is 0 Å². The minimum atomic E-state index is -4.07. The van der Waals surface area contributed by atoms with Crippen LogP contribution in [0.3, 0.4) is 0 Å². The lowest BCUT2D eigenvalue weighted by molar-refractivity contribution is 0.0720. The number of benzene rings is 3. The van der Waals surface area contributed by atoms with E-state index in [-0.39, 0.29) is 26.9 Å². The van der Waals surface area contributed by atoms with Crippen molar-refractivity contribution in [3.8, 4) is 5.75 Å². The zero-order valence-corrected chi connectivity index (χ0v) is 22.2. The van der Waals surface area contributed by atoms with Crippen molar-refractivity contribution in [2.24, 2.45) is 0 Å². The molecule has 0 spiro atoms. The van der Waals surface area contributed by atoms with E-state index in [0.717, 1.165) is 24.8 Å². The summed E-state index contributed by atoms with van der Waals surface area (Å²) in [6.45, 7) is 3.09. The summed E-state index contributed by atoms with van der Waals surface area (Å²) in [5.74, 6) is 0.0227. The third-order valence-corrected chi connectivity index (χ3v) is 8.82. The molecule has 1 amide bonds. The molecule has 1 fully saturated rings. The lowest BCUT2D eigenvalue weighted by atomic mass is 10.1. The Morgan fingerprint density at radius 3 is 2.05 bits per heavy atom. The second-order valence-electron chi connectivity index (χ2n) is 8.82. The first-order valence-corrected chi connectivity index (χ1v) is 14.8. The van der Waals surface area contributed by atoms with Gasteiger partial charge in [0.1, 0.15) is 5.75 Å². The van der Waals surface area contributed by atoms with Crippen LogP contribution in [0, 0.1) is 6.92 Å². The number of likely N-dealkylation sites (tertiary alicyclic amines) is 1. The first-order valence-electron chi connectivity index (χ1n) is 11.8. The highest BCUT2D eigenvalue weighted by Crippen LogP contribution is 2.27. The summed E-state index contributed by atoms with van der Waals surface area (Å²) in [6.07, 6.45) is 2.86. The van der Waals surface area contributed by atoms with Crippen LogP contribution in [0.2, 0.25) is 0 Å². The zero-order chi connectivity index (χ0) is 26.6. The van der Waals surface area contributed by atoms with Crippen molar-refractivity contribution >= 4 is 37.3 Å². The maximum Gasteiger partial charge on any atom is 0.261 e. The minimum Gasteiger partial charge on any atom is -0.496 e. The summed E-state index contributed by atoms with van der Waals surface area (Å²) in [6, 6.07) is 16.4. The predicted molar refractivity (Wildman–Crippen MR) is 142 cm³/mol. The molecule has 4 rings (SSSR count). The summed E-state index contributed by atoms with van der Waals surface area (Å²) >= 11 is 0. The van der Waals surface area contributed by atoms with Crippen LogP contribution < -0.4 is 14.2 Å². The van der Waals surface area contributed by atoms with E-state index in [2.05, 4.69) is 9.44 Å². The van der Waals surface area contributed by atoms with Crippen molar-refractivity contribution in [3.63, 3.8) is 0 Å². The van der Waals surface area contributed by atoms with Crippen LogP contribution in [-0.2, 0) is 20.0 Å². The van der Waals surface area contributed by atoms with Crippen molar-refractivity contribution in [1.29, 1.82) is 0 Å². The number of nitrogens with one attached hydrogen (secondary N) is 2. The summed E-state index contributed by atoms with van der Waals surface area (Å²) in [4.78, 5) is 14.6. The summed E-state index contributed by atoms with van der Waals surface area (Å²) in [5.41, 5.74) is 1.69. The lowest BCUT2D eigenvalue weighted by Crippen LogP contribution is -2.35. The number of hydrogen-bond acceptors (Lipinski definition) is 6. The second kappa shape index (κ2) is 10.8. The van der Waals surface area contributed by atoms with Crippen LogP contribution in [0.5, 0.6) is 5.75 Å². The Morgan fingerprint density at radius 1 is 0.784 bits per heavy atom. The van der Waals surface area contributed by atoms with Crippen molar-refractivity contribution in [2.45, 2.75) is 36.0 Å². The van der Waals surface area contributed by atoms with E-state index in [1.165, 1.54) is 49.6 Å². The molecule has 3 aromatic rings. The van der Waals surface area contributed by atoms with Gasteiger partial charge in [0.25, 0.3) is 26.0 Å². The quantitative estimate of drug-likeness (QED) is 0.439. The third-order valence-electron chi connectivity index (χ3n) is 6.04. The molecule has 0 saturated carbocycles. The number of hydrogen-bond donors (Lipinski definition) is 2. The molecular formula is C26H29N3O6S2. The number of amides is 1. The molecule has 0 aliphatic carbocycles. The molecular weight excluding hydrogens is 514 g/mol. The normalized spacial score (nSPS) is 14.2. The lowest BCUT2D eigenvalue weighted by Gasteiger charge is -2.27. The molecule has 2 N–H and O–H groups in total. The van der Waals surface area contributed by atoms with Gasteiger partial charge in [-0.2, -0.15) is 0 Å². The Bertz CT molecular complexity index is 1500. The van der Waals surface area contributed by atoms with Crippen molar-refractivity contribution < 1.29 is 26.4 Å². The van der Waals surface area contributed by atoms with Crippen molar-refractivity contribution in [1.82, 2.24) is 4.90 Å². The number of anilines is 2. The van der Waals surface area contributed by atoms with Gasteiger partial charge >= 0.3 is 0 Å². The molecule has 9 nitrogen and oxygen atoms in total. The number of ether oxygens (including phenoxy) is 1. The van der Waals surface area contributed by atoms with E-state index in [1.807, 2.05) is 13.0 Å². The number of methoxy groups -OCH3 is 1. The van der Waals surface area contributed by atoms with Crippen LogP contribution in [-0.4, -0.2) is 47.8 Å². The smallest absolute Gasteiger partial charge is 0.261 e. The van der Waals surface area contributed by atoms with E-state index in [9.17, 15) is 21.6 Å². The van der Waals surface area contributed by atoms with Gasteiger partial charge in [-0.25, -0.2) is 16.8 Å². The fourth-order valence-electron chi connectivity index (χ4n) is 4.13. The van der Waals surface area contributed by atoms with Gasteiger partial charge in [0, 0.05) is 24.5 Å². The van der Waals surface area contributed by atoms with Crippen LogP contribution in [0.1, 0.15) is 35.2 Å². The van der Waals surface area contributed by atoms with Crippen molar-refractivity contribution in [3.05, 3.63) is 77.9 Å². The molecule has 0 unspecified atom stereocenters. The molecule has 0 atom stereocenters. The molecule has 1 saturated heterocycles. The number of rotatable bonds is 8. The Balaban J connectivity index is 1.53. The Morgan fingerprint density at radius 2 is 1.41 bits per heavy atom. The predicted octanol–water partition coefficient (Wildman–Crippen LogP) is 4.23. The third kappa shape index (κ3) is 6.23. The fraction of sp³-hybridized carbons (Fsp3) is 0.269. The first-order chi connectivity index (χ1) is 17.6. The van der Waals surface area contributed by atoms with Crippen molar-refractivity contribution in [2.75, 3.05) is 29.6 Å². The molecule has 0 radical (unpaired) electrons. The monoisotopic (exact) mass is 543 g/mol. The maximum atomic E-state index is 13.1. The van der Waals surface area contributed by atoms with Gasteiger partial charge in [-0.3, -0.25) is 14.2 Å². The van der Waals surface area contributed by atoms with Gasteiger partial charge in [-0.15, -0.1) is 0 Å². The minimum absolute atomic E-state index is 0.0178. The Labute approximate surface area is 217 Å². The molecule has 37 heavy (non-hydrogen) atoms. The second-order valence-corrected chi connectivity index (χ2v) is 12.2. The number of carbonyl (C=O) groups excluding carboxylic acids is 1. The van der Waals surface area contributed by atoms with Gasteiger partial charge in [-0.1, -0.05) is 12.1 Å². The molecule has 1 heterocycles. The largest absolute Gasteiger partial charge is 0.496 e. The topological polar surface area (TPSA) is 122 Å². The molecule has 196 valence electrons. The molecule has 11 heteroatoms. The standard InChI is InChI=1S/C26H29N3O6S2/c1-19-7-6-8-21(17-19)28-36(31,32)22-11-9-20(10-12-22)27-37(33,34)23-13-14-25(35-2)24(18-23)26(30)29-15-4-3-5-16-29/h6-14,17-18,27-28H,3-5,15-16H2,1-2H3. The SMILES string of the molecule is COc1ccc(S(=O)(=O)Nc2ccc(S(=O)(=O)Nc3cccc(C)c3)cc2)cc1C(=O)N1CCCCC1. The van der Waals surface area contributed by atoms with E-state index in [4.69, 9.17) is 4.74 Å². The molecule has 0 bridgehead atoms. The summed E-state index contributed by atoms with van der Waals surface area (Å²) in [7, 11) is -6.50. The van der Waals surface area contributed by atoms with Gasteiger partial charge in [0.2, 0.25) is 0 Å². The first kappa shape index (κ1) is 26.5. The van der Waals surface area contributed by atoms with Crippen LogP contribution in [0.25, 0.3) is 0 Å². The van der Waals surface area contributed by atoms with E-state index < -0.39 is 20.0 Å². The molecule has 0 aromatic heterocycles. The highest BCUT2D eigenvalue weighted by molar-refractivity contribution is 7.93. The van der Waals surface area contributed by atoms with Crippen LogP contribution in [0.4, 0.5) is 11.4 Å². The van der Waals surface area contributed by atoms with Gasteiger partial charge in [-0.05, 0) is 86.3 Å².